The van der Waals surface area contributed by atoms with Crippen LogP contribution >= 0.6 is 0 Å². The Morgan fingerprint density at radius 2 is 1.95 bits per heavy atom. The largest absolute Gasteiger partial charge is 0.493 e. The fraction of sp³-hybridized carbons (Fsp3) is 0.467. The molecule has 0 heterocycles. The van der Waals surface area contributed by atoms with Gasteiger partial charge in [0, 0.05) is 5.69 Å². The topological polar surface area (TPSA) is 87.9 Å². The lowest BCUT2D eigenvalue weighted by Crippen LogP contribution is -2.32. The first-order valence-electron chi connectivity index (χ1n) is 6.60. The molecule has 0 aliphatic heterocycles. The maximum Gasteiger partial charge on any atom is 0.344 e. The SMILES string of the molecule is CCOc1cccc(N)c1C(=O)OCC(C)(C)C(=O)OC. The average molecular weight is 295 g/mol. The van der Waals surface area contributed by atoms with Gasteiger partial charge in [0.2, 0.25) is 0 Å². The lowest BCUT2D eigenvalue weighted by molar-refractivity contribution is -0.152. The van der Waals surface area contributed by atoms with Crippen molar-refractivity contribution >= 4 is 17.6 Å². The highest BCUT2D eigenvalue weighted by Gasteiger charge is 2.31. The van der Waals surface area contributed by atoms with E-state index in [-0.39, 0.29) is 17.9 Å². The van der Waals surface area contributed by atoms with Gasteiger partial charge in [-0.25, -0.2) is 4.79 Å². The molecule has 0 bridgehead atoms. The van der Waals surface area contributed by atoms with Crippen molar-refractivity contribution in [2.45, 2.75) is 20.8 Å². The molecule has 6 heteroatoms. The Bertz CT molecular complexity index is 525. The van der Waals surface area contributed by atoms with E-state index in [9.17, 15) is 9.59 Å². The number of nitrogens with two attached hydrogens (primary N) is 1. The second-order valence-electron chi connectivity index (χ2n) is 5.10. The average Bonchev–Trinajstić information content (AvgIpc) is 2.44. The van der Waals surface area contributed by atoms with E-state index in [1.54, 1.807) is 39.0 Å². The van der Waals surface area contributed by atoms with Gasteiger partial charge in [-0.05, 0) is 32.9 Å². The Morgan fingerprint density at radius 3 is 2.52 bits per heavy atom. The maximum absolute atomic E-state index is 12.2. The number of hydrogen-bond acceptors (Lipinski definition) is 6. The van der Waals surface area contributed by atoms with Crippen molar-refractivity contribution in [2.24, 2.45) is 5.41 Å². The summed E-state index contributed by atoms with van der Waals surface area (Å²) < 4.78 is 15.2. The molecule has 0 saturated carbocycles. The summed E-state index contributed by atoms with van der Waals surface area (Å²) in [6.45, 7) is 5.35. The van der Waals surface area contributed by atoms with Gasteiger partial charge in [0.25, 0.3) is 0 Å². The van der Waals surface area contributed by atoms with Crippen LogP contribution in [0, 0.1) is 5.41 Å². The van der Waals surface area contributed by atoms with Crippen LogP contribution in [0.4, 0.5) is 5.69 Å². The molecule has 2 N–H and O–H groups in total. The molecule has 0 atom stereocenters. The number of hydrogen-bond donors (Lipinski definition) is 1. The molecular weight excluding hydrogens is 274 g/mol. The predicted molar refractivity (Wildman–Crippen MR) is 78.1 cm³/mol. The van der Waals surface area contributed by atoms with Crippen molar-refractivity contribution in [1.29, 1.82) is 0 Å². The van der Waals surface area contributed by atoms with Crippen molar-refractivity contribution in [1.82, 2.24) is 0 Å². The monoisotopic (exact) mass is 295 g/mol. The standard InChI is InChI=1S/C15H21NO5/c1-5-20-11-8-6-7-10(16)12(11)13(17)21-9-15(2,3)14(18)19-4/h6-8H,5,9,16H2,1-4H3. The number of carbonyl (C=O) groups is 2. The number of benzene rings is 1. The van der Waals surface area contributed by atoms with Crippen LogP contribution in [0.1, 0.15) is 31.1 Å². The lowest BCUT2D eigenvalue weighted by atomic mass is 9.95. The Kier molecular flexibility index (Phi) is 5.58. The van der Waals surface area contributed by atoms with Crippen molar-refractivity contribution in [3.8, 4) is 5.75 Å². The lowest BCUT2D eigenvalue weighted by Gasteiger charge is -2.21. The predicted octanol–water partition coefficient (Wildman–Crippen LogP) is 2.02. The second-order valence-corrected chi connectivity index (χ2v) is 5.10. The summed E-state index contributed by atoms with van der Waals surface area (Å²) in [5.41, 5.74) is 5.31. The van der Waals surface area contributed by atoms with Crippen LogP contribution in [0.3, 0.4) is 0 Å². The van der Waals surface area contributed by atoms with E-state index in [0.717, 1.165) is 0 Å². The molecule has 1 aromatic carbocycles. The summed E-state index contributed by atoms with van der Waals surface area (Å²) in [5.74, 6) is -0.728. The highest BCUT2D eigenvalue weighted by atomic mass is 16.5. The molecule has 0 unspecified atom stereocenters. The number of ether oxygens (including phenoxy) is 3. The third kappa shape index (κ3) is 4.11. The minimum atomic E-state index is -0.931. The quantitative estimate of drug-likeness (QED) is 0.638. The van der Waals surface area contributed by atoms with E-state index >= 15 is 0 Å². The minimum absolute atomic E-state index is 0.113. The van der Waals surface area contributed by atoms with Crippen LogP contribution in [0.2, 0.25) is 0 Å². The van der Waals surface area contributed by atoms with Gasteiger partial charge >= 0.3 is 11.9 Å². The van der Waals surface area contributed by atoms with E-state index in [2.05, 4.69) is 4.74 Å². The first-order chi connectivity index (χ1) is 9.83. The number of nitrogen functional groups attached to an aromatic ring is 1. The Balaban J connectivity index is 2.88. The van der Waals surface area contributed by atoms with Crippen molar-refractivity contribution in [3.63, 3.8) is 0 Å². The molecule has 6 nitrogen and oxygen atoms in total. The second kappa shape index (κ2) is 6.97. The summed E-state index contributed by atoms with van der Waals surface area (Å²) >= 11 is 0. The minimum Gasteiger partial charge on any atom is -0.493 e. The highest BCUT2D eigenvalue weighted by molar-refractivity contribution is 5.98. The van der Waals surface area contributed by atoms with Crippen LogP contribution in [0.15, 0.2) is 18.2 Å². The highest BCUT2D eigenvalue weighted by Crippen LogP contribution is 2.26. The first kappa shape index (κ1) is 16.8. The van der Waals surface area contributed by atoms with Crippen molar-refractivity contribution < 1.29 is 23.8 Å². The van der Waals surface area contributed by atoms with Crippen LogP contribution < -0.4 is 10.5 Å². The van der Waals surface area contributed by atoms with E-state index in [1.165, 1.54) is 7.11 Å². The molecule has 0 aliphatic carbocycles. The zero-order chi connectivity index (χ0) is 16.0. The van der Waals surface area contributed by atoms with Gasteiger partial charge in [0.15, 0.2) is 0 Å². The van der Waals surface area contributed by atoms with Gasteiger partial charge in [0.05, 0.1) is 19.1 Å². The van der Waals surface area contributed by atoms with Gasteiger partial charge in [-0.1, -0.05) is 6.07 Å². The van der Waals surface area contributed by atoms with E-state index in [0.29, 0.717) is 12.4 Å². The molecule has 21 heavy (non-hydrogen) atoms. The molecule has 0 saturated heterocycles. The van der Waals surface area contributed by atoms with Crippen molar-refractivity contribution in [3.05, 3.63) is 23.8 Å². The van der Waals surface area contributed by atoms with Crippen molar-refractivity contribution in [2.75, 3.05) is 26.1 Å². The number of carbonyl (C=O) groups excluding carboxylic acids is 2. The Morgan fingerprint density at radius 1 is 1.29 bits per heavy atom. The van der Waals surface area contributed by atoms with Crippen LogP contribution in [0.25, 0.3) is 0 Å². The summed E-state index contributed by atoms with van der Waals surface area (Å²) in [6, 6.07) is 4.92. The van der Waals surface area contributed by atoms with Gasteiger partial charge in [-0.2, -0.15) is 0 Å². The number of rotatable bonds is 6. The third-order valence-corrected chi connectivity index (χ3v) is 2.86. The fourth-order valence-corrected chi connectivity index (χ4v) is 1.70. The molecule has 0 aliphatic rings. The Labute approximate surface area is 124 Å². The van der Waals surface area contributed by atoms with E-state index in [1.807, 2.05) is 0 Å². The smallest absolute Gasteiger partial charge is 0.344 e. The van der Waals surface area contributed by atoms with Crippen LogP contribution in [-0.2, 0) is 14.3 Å². The third-order valence-electron chi connectivity index (χ3n) is 2.86. The summed E-state index contributed by atoms with van der Waals surface area (Å²) in [6.07, 6.45) is 0. The summed E-state index contributed by atoms with van der Waals surface area (Å²) in [4.78, 5) is 23.7. The van der Waals surface area contributed by atoms with Gasteiger partial charge < -0.3 is 19.9 Å². The normalized spacial score (nSPS) is 10.9. The molecular formula is C15H21NO5. The molecule has 1 rings (SSSR count). The molecule has 1 aromatic rings. The Hall–Kier alpha value is -2.24. The van der Waals surface area contributed by atoms with Gasteiger partial charge in [0.1, 0.15) is 17.9 Å². The summed E-state index contributed by atoms with van der Waals surface area (Å²) in [7, 11) is 1.29. The molecule has 0 fully saturated rings. The molecule has 116 valence electrons. The molecule has 0 aromatic heterocycles. The van der Waals surface area contributed by atoms with Gasteiger partial charge in [-0.15, -0.1) is 0 Å². The number of anilines is 1. The molecule has 0 spiro atoms. The molecule has 0 amide bonds. The molecule has 0 radical (unpaired) electrons. The van der Waals surface area contributed by atoms with E-state index in [4.69, 9.17) is 15.2 Å². The fourth-order valence-electron chi connectivity index (χ4n) is 1.70. The zero-order valence-corrected chi connectivity index (χ0v) is 12.8. The summed E-state index contributed by atoms with van der Waals surface area (Å²) in [5, 5.41) is 0. The zero-order valence-electron chi connectivity index (χ0n) is 12.8. The first-order valence-corrected chi connectivity index (χ1v) is 6.60. The maximum atomic E-state index is 12.2. The van der Waals surface area contributed by atoms with E-state index < -0.39 is 17.4 Å². The van der Waals surface area contributed by atoms with Crippen LogP contribution in [0.5, 0.6) is 5.75 Å². The van der Waals surface area contributed by atoms with Crippen LogP contribution in [-0.4, -0.2) is 32.3 Å². The number of esters is 2. The number of methoxy groups -OCH3 is 1. The van der Waals surface area contributed by atoms with Gasteiger partial charge in [-0.3, -0.25) is 4.79 Å².